The topological polar surface area (TPSA) is 106 Å². The van der Waals surface area contributed by atoms with Gasteiger partial charge in [0.15, 0.2) is 11.6 Å². The Morgan fingerprint density at radius 3 is 3.04 bits per heavy atom. The number of carbonyl (C=O) groups is 1. The van der Waals surface area contributed by atoms with Crippen LogP contribution in [0.15, 0.2) is 30.7 Å². The fourth-order valence-electron chi connectivity index (χ4n) is 2.92. The van der Waals surface area contributed by atoms with E-state index < -0.39 is 0 Å². The van der Waals surface area contributed by atoms with Crippen molar-refractivity contribution in [1.29, 1.82) is 0 Å². The number of anilines is 4. The van der Waals surface area contributed by atoms with Gasteiger partial charge in [-0.2, -0.15) is 0 Å². The number of pyridine rings is 1. The maximum absolute atomic E-state index is 12.0. The molecule has 1 unspecified atom stereocenters. The fraction of sp³-hybridized carbons (Fsp3) is 0.412. The molecule has 8 nitrogen and oxygen atoms in total. The van der Waals surface area contributed by atoms with E-state index in [0.29, 0.717) is 36.3 Å². The Kier molecular flexibility index (Phi) is 5.27. The lowest BCUT2D eigenvalue weighted by Crippen LogP contribution is -2.40. The molecule has 1 fully saturated rings. The molecule has 1 aliphatic heterocycles. The Morgan fingerprint density at radius 1 is 1.40 bits per heavy atom. The van der Waals surface area contributed by atoms with E-state index >= 15 is 0 Å². The summed E-state index contributed by atoms with van der Waals surface area (Å²) in [6, 6.07) is 5.55. The van der Waals surface area contributed by atoms with Gasteiger partial charge in [-0.3, -0.25) is 4.79 Å². The number of nitrogen functional groups attached to an aromatic ring is 1. The molecular weight excluding hydrogens is 320 g/mol. The maximum Gasteiger partial charge on any atom is 0.310 e. The molecule has 3 N–H and O–H groups in total. The Hall–Kier alpha value is -2.90. The minimum atomic E-state index is -0.160. The smallest absolute Gasteiger partial charge is 0.310 e. The summed E-state index contributed by atoms with van der Waals surface area (Å²) in [5.41, 5.74) is 6.71. The van der Waals surface area contributed by atoms with E-state index in [2.05, 4.69) is 20.3 Å². The highest BCUT2D eigenvalue weighted by molar-refractivity contribution is 5.79. The summed E-state index contributed by atoms with van der Waals surface area (Å²) in [5, 5.41) is 3.10. The molecule has 0 bridgehead atoms. The summed E-state index contributed by atoms with van der Waals surface area (Å²) in [4.78, 5) is 26.8. The first kappa shape index (κ1) is 16.9. The summed E-state index contributed by atoms with van der Waals surface area (Å²) < 4.78 is 5.15. The van der Waals surface area contributed by atoms with Crippen LogP contribution in [0.5, 0.6) is 0 Å². The lowest BCUT2D eigenvalue weighted by Gasteiger charge is -2.33. The number of carbonyl (C=O) groups excluding carboxylic acids is 1. The Bertz CT molecular complexity index is 724. The van der Waals surface area contributed by atoms with Gasteiger partial charge in [0.2, 0.25) is 0 Å². The average Bonchev–Trinajstić information content (AvgIpc) is 2.65. The van der Waals surface area contributed by atoms with Crippen molar-refractivity contribution >= 4 is 29.1 Å². The molecule has 132 valence electrons. The molecule has 1 saturated heterocycles. The van der Waals surface area contributed by atoms with Crippen LogP contribution in [-0.4, -0.2) is 40.6 Å². The van der Waals surface area contributed by atoms with E-state index in [1.54, 1.807) is 6.20 Å². The monoisotopic (exact) mass is 342 g/mol. The predicted molar refractivity (Wildman–Crippen MR) is 95.5 cm³/mol. The van der Waals surface area contributed by atoms with E-state index in [1.807, 2.05) is 30.0 Å². The number of hydrogen-bond acceptors (Lipinski definition) is 8. The number of nitrogens with zero attached hydrogens (tertiary/aromatic N) is 4. The minimum Gasteiger partial charge on any atom is -0.466 e. The van der Waals surface area contributed by atoms with Crippen LogP contribution in [0.3, 0.4) is 0 Å². The first-order valence-electron chi connectivity index (χ1n) is 8.39. The number of ether oxygens (including phenoxy) is 1. The normalized spacial score (nSPS) is 17.2. The molecule has 3 heterocycles. The third kappa shape index (κ3) is 3.96. The highest BCUT2D eigenvalue weighted by Gasteiger charge is 2.29. The molecule has 0 radical (unpaired) electrons. The third-order valence-corrected chi connectivity index (χ3v) is 4.12. The second-order valence-electron chi connectivity index (χ2n) is 5.84. The summed E-state index contributed by atoms with van der Waals surface area (Å²) in [5.74, 6) is 1.47. The highest BCUT2D eigenvalue weighted by atomic mass is 16.5. The van der Waals surface area contributed by atoms with Crippen molar-refractivity contribution in [1.82, 2.24) is 15.0 Å². The number of nitrogens with two attached hydrogens (primary N) is 1. The van der Waals surface area contributed by atoms with Crippen LogP contribution in [0, 0.1) is 5.92 Å². The zero-order chi connectivity index (χ0) is 17.6. The van der Waals surface area contributed by atoms with Gasteiger partial charge in [0.05, 0.1) is 12.5 Å². The van der Waals surface area contributed by atoms with E-state index in [4.69, 9.17) is 10.5 Å². The standard InChI is InChI=1S/C17H22N6O2/c1-2-25-17(24)12-6-5-9-23(10-12)16-14(18)15(20-11-21-16)22-13-7-3-4-8-19-13/h3-4,7-8,11-12H,2,5-6,9-10,18H2,1H3,(H,19,20,21,22). The van der Waals surface area contributed by atoms with Gasteiger partial charge in [0.1, 0.15) is 17.8 Å². The van der Waals surface area contributed by atoms with Gasteiger partial charge in [0, 0.05) is 19.3 Å². The zero-order valence-electron chi connectivity index (χ0n) is 14.2. The third-order valence-electron chi connectivity index (χ3n) is 4.12. The zero-order valence-corrected chi connectivity index (χ0v) is 14.2. The van der Waals surface area contributed by atoms with Crippen molar-refractivity contribution in [2.75, 3.05) is 35.6 Å². The van der Waals surface area contributed by atoms with Crippen LogP contribution in [-0.2, 0) is 9.53 Å². The molecule has 0 spiro atoms. The van der Waals surface area contributed by atoms with Crippen molar-refractivity contribution in [2.45, 2.75) is 19.8 Å². The quantitative estimate of drug-likeness (QED) is 0.795. The summed E-state index contributed by atoms with van der Waals surface area (Å²) >= 11 is 0. The predicted octanol–water partition coefficient (Wildman–Crippen LogP) is 1.98. The summed E-state index contributed by atoms with van der Waals surface area (Å²) in [6.07, 6.45) is 4.86. The van der Waals surface area contributed by atoms with Gasteiger partial charge in [-0.1, -0.05) is 6.07 Å². The van der Waals surface area contributed by atoms with Crippen LogP contribution < -0.4 is 16.0 Å². The molecule has 3 rings (SSSR count). The van der Waals surface area contributed by atoms with Gasteiger partial charge in [-0.05, 0) is 31.9 Å². The SMILES string of the molecule is CCOC(=O)C1CCCN(c2ncnc(Nc3ccccn3)c2N)C1. The lowest BCUT2D eigenvalue weighted by molar-refractivity contribution is -0.148. The molecule has 0 amide bonds. The van der Waals surface area contributed by atoms with Gasteiger partial charge in [0.25, 0.3) is 0 Å². The molecule has 0 saturated carbocycles. The number of rotatable bonds is 5. The van der Waals surface area contributed by atoms with E-state index in [1.165, 1.54) is 6.33 Å². The summed E-state index contributed by atoms with van der Waals surface area (Å²) in [7, 11) is 0. The van der Waals surface area contributed by atoms with Crippen LogP contribution in [0.25, 0.3) is 0 Å². The second kappa shape index (κ2) is 7.78. The number of esters is 1. The van der Waals surface area contributed by atoms with Gasteiger partial charge < -0.3 is 20.7 Å². The number of aromatic nitrogens is 3. The number of piperidine rings is 1. The van der Waals surface area contributed by atoms with Crippen LogP contribution in [0.1, 0.15) is 19.8 Å². The molecule has 0 aliphatic carbocycles. The molecule has 25 heavy (non-hydrogen) atoms. The van der Waals surface area contributed by atoms with Gasteiger partial charge in [-0.25, -0.2) is 15.0 Å². The molecular formula is C17H22N6O2. The highest BCUT2D eigenvalue weighted by Crippen LogP contribution is 2.31. The Balaban J connectivity index is 1.78. The molecule has 2 aromatic heterocycles. The first-order chi connectivity index (χ1) is 12.2. The molecule has 1 aliphatic rings. The number of nitrogens with one attached hydrogen (secondary N) is 1. The molecule has 2 aromatic rings. The van der Waals surface area contributed by atoms with Crippen molar-refractivity contribution in [3.8, 4) is 0 Å². The van der Waals surface area contributed by atoms with E-state index in [9.17, 15) is 4.79 Å². The van der Waals surface area contributed by atoms with Crippen LogP contribution in [0.2, 0.25) is 0 Å². The second-order valence-corrected chi connectivity index (χ2v) is 5.84. The lowest BCUT2D eigenvalue weighted by atomic mass is 9.98. The molecule has 8 heteroatoms. The minimum absolute atomic E-state index is 0.157. The van der Waals surface area contributed by atoms with Gasteiger partial charge in [-0.15, -0.1) is 0 Å². The number of hydrogen-bond donors (Lipinski definition) is 2. The largest absolute Gasteiger partial charge is 0.466 e. The van der Waals surface area contributed by atoms with E-state index in [0.717, 1.165) is 19.4 Å². The van der Waals surface area contributed by atoms with Crippen LogP contribution in [0.4, 0.5) is 23.1 Å². The molecule has 1 atom stereocenters. The first-order valence-corrected chi connectivity index (χ1v) is 8.39. The molecule has 0 aromatic carbocycles. The van der Waals surface area contributed by atoms with Crippen molar-refractivity contribution in [3.05, 3.63) is 30.7 Å². The fourth-order valence-corrected chi connectivity index (χ4v) is 2.92. The average molecular weight is 342 g/mol. The summed E-state index contributed by atoms with van der Waals surface area (Å²) in [6.45, 7) is 3.54. The van der Waals surface area contributed by atoms with E-state index in [-0.39, 0.29) is 11.9 Å². The Labute approximate surface area is 146 Å². The van der Waals surface area contributed by atoms with Crippen LogP contribution >= 0.6 is 0 Å². The van der Waals surface area contributed by atoms with Crippen molar-refractivity contribution in [2.24, 2.45) is 5.92 Å². The Morgan fingerprint density at radius 2 is 2.28 bits per heavy atom. The van der Waals surface area contributed by atoms with Gasteiger partial charge >= 0.3 is 5.97 Å². The maximum atomic E-state index is 12.0. The van der Waals surface area contributed by atoms with Crippen molar-refractivity contribution in [3.63, 3.8) is 0 Å². The van der Waals surface area contributed by atoms with Crippen molar-refractivity contribution < 1.29 is 9.53 Å².